The Hall–Kier alpha value is -2.15. The topological polar surface area (TPSA) is 65.4 Å². The third-order valence-electron chi connectivity index (χ3n) is 1.70. The van der Waals surface area contributed by atoms with E-state index in [0.29, 0.717) is 5.69 Å². The molecule has 0 aliphatic carbocycles. The zero-order valence-electron chi connectivity index (χ0n) is 6.73. The molecule has 0 saturated heterocycles. The summed E-state index contributed by atoms with van der Waals surface area (Å²) in [5, 5.41) is 15.4. The van der Waals surface area contributed by atoms with Crippen LogP contribution < -0.4 is 0 Å². The highest BCUT2D eigenvalue weighted by atomic mass is 15.1. The molecule has 0 unspecified atom stereocenters. The summed E-state index contributed by atoms with van der Waals surface area (Å²) >= 11 is 0. The maximum absolute atomic E-state index is 8.77. The van der Waals surface area contributed by atoms with E-state index >= 15 is 0 Å². The minimum atomic E-state index is 0.409. The fourth-order valence-electron chi connectivity index (χ4n) is 1.12. The van der Waals surface area contributed by atoms with Gasteiger partial charge in [-0.05, 0) is 18.2 Å². The molecule has 0 amide bonds. The second kappa shape index (κ2) is 3.07. The molecule has 13 heavy (non-hydrogen) atoms. The third kappa shape index (κ3) is 1.27. The Balaban J connectivity index is 2.59. The van der Waals surface area contributed by atoms with E-state index in [1.165, 1.54) is 0 Å². The standard InChI is InChI=1S/C9H6N4/c10-6-9-7(2-1-4-11-9)8-3-5-12-13-8/h1-5H,(H,12,13). The summed E-state index contributed by atoms with van der Waals surface area (Å²) in [7, 11) is 0. The number of hydrogen-bond acceptors (Lipinski definition) is 3. The van der Waals surface area contributed by atoms with E-state index in [1.807, 2.05) is 12.1 Å². The monoisotopic (exact) mass is 170 g/mol. The van der Waals surface area contributed by atoms with E-state index in [2.05, 4.69) is 15.2 Å². The van der Waals surface area contributed by atoms with Crippen molar-refractivity contribution >= 4 is 0 Å². The smallest absolute Gasteiger partial charge is 0.149 e. The molecule has 0 aliphatic heterocycles. The Kier molecular flexibility index (Phi) is 1.77. The fourth-order valence-corrected chi connectivity index (χ4v) is 1.12. The Bertz CT molecular complexity index is 439. The normalized spacial score (nSPS) is 9.46. The van der Waals surface area contributed by atoms with Gasteiger partial charge in [0.05, 0.1) is 5.69 Å². The number of nitriles is 1. The summed E-state index contributed by atoms with van der Waals surface area (Å²) in [6.45, 7) is 0. The maximum Gasteiger partial charge on any atom is 0.149 e. The van der Waals surface area contributed by atoms with Gasteiger partial charge in [-0.25, -0.2) is 4.98 Å². The van der Waals surface area contributed by atoms with Crippen LogP contribution in [-0.2, 0) is 0 Å². The Morgan fingerprint density at radius 3 is 2.92 bits per heavy atom. The van der Waals surface area contributed by atoms with E-state index in [-0.39, 0.29) is 0 Å². The fraction of sp³-hybridized carbons (Fsp3) is 0. The molecule has 0 spiro atoms. The minimum absolute atomic E-state index is 0.409. The minimum Gasteiger partial charge on any atom is -0.278 e. The molecule has 0 fully saturated rings. The molecule has 0 radical (unpaired) electrons. The first kappa shape index (κ1) is 7.50. The number of aromatic amines is 1. The van der Waals surface area contributed by atoms with Gasteiger partial charge >= 0.3 is 0 Å². The SMILES string of the molecule is N#Cc1ncccc1-c1ccn[nH]1. The van der Waals surface area contributed by atoms with Crippen molar-refractivity contribution in [2.24, 2.45) is 0 Å². The lowest BCUT2D eigenvalue weighted by Gasteiger charge is -1.97. The largest absolute Gasteiger partial charge is 0.278 e. The zero-order chi connectivity index (χ0) is 9.10. The van der Waals surface area contributed by atoms with E-state index < -0.39 is 0 Å². The first-order valence-electron chi connectivity index (χ1n) is 3.76. The van der Waals surface area contributed by atoms with Gasteiger partial charge in [0.25, 0.3) is 0 Å². The van der Waals surface area contributed by atoms with E-state index in [0.717, 1.165) is 11.3 Å². The van der Waals surface area contributed by atoms with E-state index in [4.69, 9.17) is 5.26 Å². The van der Waals surface area contributed by atoms with Crippen LogP contribution in [0.2, 0.25) is 0 Å². The molecular formula is C9H6N4. The quantitative estimate of drug-likeness (QED) is 0.702. The summed E-state index contributed by atoms with van der Waals surface area (Å²) in [6.07, 6.45) is 3.24. The van der Waals surface area contributed by atoms with E-state index in [9.17, 15) is 0 Å². The summed E-state index contributed by atoms with van der Waals surface area (Å²) < 4.78 is 0. The Morgan fingerprint density at radius 1 is 1.31 bits per heavy atom. The molecular weight excluding hydrogens is 164 g/mol. The molecule has 2 aromatic rings. The highest BCUT2D eigenvalue weighted by molar-refractivity contribution is 5.64. The third-order valence-corrected chi connectivity index (χ3v) is 1.70. The molecule has 0 aromatic carbocycles. The molecule has 0 bridgehead atoms. The molecule has 0 atom stereocenters. The molecule has 0 aliphatic rings. The summed E-state index contributed by atoms with van der Waals surface area (Å²) in [5.74, 6) is 0. The number of hydrogen-bond donors (Lipinski definition) is 1. The average Bonchev–Trinajstić information content (AvgIpc) is 2.70. The van der Waals surface area contributed by atoms with Gasteiger partial charge in [0.1, 0.15) is 11.8 Å². The van der Waals surface area contributed by atoms with Crippen molar-refractivity contribution in [3.63, 3.8) is 0 Å². The molecule has 62 valence electrons. The molecule has 4 heteroatoms. The van der Waals surface area contributed by atoms with Crippen molar-refractivity contribution < 1.29 is 0 Å². The number of nitrogens with zero attached hydrogens (tertiary/aromatic N) is 3. The van der Waals surface area contributed by atoms with Gasteiger partial charge in [0.15, 0.2) is 0 Å². The molecule has 4 nitrogen and oxygen atoms in total. The number of nitrogens with one attached hydrogen (secondary N) is 1. The van der Waals surface area contributed by atoms with E-state index in [1.54, 1.807) is 24.5 Å². The van der Waals surface area contributed by atoms with Crippen molar-refractivity contribution in [1.82, 2.24) is 15.2 Å². The molecule has 2 heterocycles. The Morgan fingerprint density at radius 2 is 2.23 bits per heavy atom. The van der Waals surface area contributed by atoms with Gasteiger partial charge in [0.2, 0.25) is 0 Å². The maximum atomic E-state index is 8.77. The molecule has 2 aromatic heterocycles. The van der Waals surface area contributed by atoms with Crippen LogP contribution in [0.5, 0.6) is 0 Å². The highest BCUT2D eigenvalue weighted by Crippen LogP contribution is 2.17. The van der Waals surface area contributed by atoms with Crippen molar-refractivity contribution in [2.75, 3.05) is 0 Å². The van der Waals surface area contributed by atoms with Crippen molar-refractivity contribution in [3.8, 4) is 17.3 Å². The predicted octanol–water partition coefficient (Wildman–Crippen LogP) is 1.34. The first-order chi connectivity index (χ1) is 6.42. The molecule has 0 saturated carbocycles. The van der Waals surface area contributed by atoms with Crippen LogP contribution in [0.1, 0.15) is 5.69 Å². The van der Waals surface area contributed by atoms with Crippen molar-refractivity contribution in [1.29, 1.82) is 5.26 Å². The number of H-pyrrole nitrogens is 1. The van der Waals surface area contributed by atoms with Crippen molar-refractivity contribution in [3.05, 3.63) is 36.3 Å². The second-order valence-corrected chi connectivity index (χ2v) is 2.48. The van der Waals surface area contributed by atoms with Gasteiger partial charge in [-0.3, -0.25) is 5.10 Å². The lowest BCUT2D eigenvalue weighted by Crippen LogP contribution is -1.87. The van der Waals surface area contributed by atoms with Crippen LogP contribution in [0.15, 0.2) is 30.6 Å². The Labute approximate surface area is 74.9 Å². The van der Waals surface area contributed by atoms with Crippen LogP contribution in [0.4, 0.5) is 0 Å². The van der Waals surface area contributed by atoms with Gasteiger partial charge in [0, 0.05) is 18.0 Å². The number of rotatable bonds is 1. The van der Waals surface area contributed by atoms with Gasteiger partial charge < -0.3 is 0 Å². The van der Waals surface area contributed by atoms with Crippen LogP contribution in [0.25, 0.3) is 11.3 Å². The van der Waals surface area contributed by atoms with Crippen LogP contribution in [-0.4, -0.2) is 15.2 Å². The molecule has 2 rings (SSSR count). The summed E-state index contributed by atoms with van der Waals surface area (Å²) in [5.41, 5.74) is 2.00. The van der Waals surface area contributed by atoms with Crippen molar-refractivity contribution in [2.45, 2.75) is 0 Å². The van der Waals surface area contributed by atoms with Crippen LogP contribution >= 0.6 is 0 Å². The van der Waals surface area contributed by atoms with Gasteiger partial charge in [-0.1, -0.05) is 0 Å². The number of aromatic nitrogens is 3. The van der Waals surface area contributed by atoms with Crippen LogP contribution in [0, 0.1) is 11.3 Å². The van der Waals surface area contributed by atoms with Crippen LogP contribution in [0.3, 0.4) is 0 Å². The lowest BCUT2D eigenvalue weighted by molar-refractivity contribution is 1.09. The zero-order valence-corrected chi connectivity index (χ0v) is 6.73. The summed E-state index contributed by atoms with van der Waals surface area (Å²) in [4.78, 5) is 3.94. The summed E-state index contributed by atoms with van der Waals surface area (Å²) in [6, 6.07) is 7.45. The van der Waals surface area contributed by atoms with Gasteiger partial charge in [-0.2, -0.15) is 10.4 Å². The lowest BCUT2D eigenvalue weighted by atomic mass is 10.1. The number of pyridine rings is 1. The van der Waals surface area contributed by atoms with Gasteiger partial charge in [-0.15, -0.1) is 0 Å². The highest BCUT2D eigenvalue weighted by Gasteiger charge is 2.04. The first-order valence-corrected chi connectivity index (χ1v) is 3.76. The molecule has 1 N–H and O–H groups in total. The average molecular weight is 170 g/mol. The predicted molar refractivity (Wildman–Crippen MR) is 46.5 cm³/mol. The second-order valence-electron chi connectivity index (χ2n) is 2.48.